The number of amides is 1. The molecule has 0 saturated heterocycles. The maximum absolute atomic E-state index is 13.9. The summed E-state index contributed by atoms with van der Waals surface area (Å²) < 4.78 is 38.9. The van der Waals surface area contributed by atoms with E-state index >= 15 is 0 Å². The Morgan fingerprint density at radius 2 is 1.57 bits per heavy atom. The average Bonchev–Trinajstić information content (AvgIpc) is 2.90. The number of aromatic nitrogens is 1. The van der Waals surface area contributed by atoms with Gasteiger partial charge in [0.15, 0.2) is 11.6 Å². The van der Waals surface area contributed by atoms with Crippen molar-refractivity contribution in [1.82, 2.24) is 9.71 Å². The van der Waals surface area contributed by atoms with E-state index < -0.39 is 21.8 Å². The first-order valence-electron chi connectivity index (χ1n) is 15.0. The highest BCUT2D eigenvalue weighted by Gasteiger charge is 2.49. The van der Waals surface area contributed by atoms with Gasteiger partial charge in [-0.1, -0.05) is 40.7 Å². The average molecular weight is 621 g/mol. The lowest BCUT2D eigenvalue weighted by molar-refractivity contribution is -0.120. The van der Waals surface area contributed by atoms with Crippen LogP contribution in [0.15, 0.2) is 53.0 Å². The van der Waals surface area contributed by atoms with Gasteiger partial charge in [0.2, 0.25) is 10.0 Å². The summed E-state index contributed by atoms with van der Waals surface area (Å²) in [5, 5.41) is 0. The van der Waals surface area contributed by atoms with Crippen LogP contribution in [0.3, 0.4) is 0 Å². The molecule has 44 heavy (non-hydrogen) atoms. The first kappa shape index (κ1) is 31.6. The molecular weight excluding hydrogens is 580 g/mol. The number of hydrogen-bond acceptors (Lipinski definition) is 8. The summed E-state index contributed by atoms with van der Waals surface area (Å²) in [7, 11) is -2.23. The third kappa shape index (κ3) is 5.96. The van der Waals surface area contributed by atoms with Crippen molar-refractivity contribution in [2.45, 2.75) is 79.6 Å². The summed E-state index contributed by atoms with van der Waals surface area (Å²) in [6, 6.07) is 8.43. The van der Waals surface area contributed by atoms with Gasteiger partial charge in [-0.05, 0) is 54.0 Å². The van der Waals surface area contributed by atoms with Gasteiger partial charge < -0.3 is 9.47 Å². The van der Waals surface area contributed by atoms with Crippen molar-refractivity contribution in [1.29, 1.82) is 0 Å². The van der Waals surface area contributed by atoms with Gasteiger partial charge >= 0.3 is 0 Å². The molecule has 1 amide bonds. The molecule has 0 saturated carbocycles. The third-order valence-electron chi connectivity index (χ3n) is 8.54. The number of ether oxygens (including phenoxy) is 2. The molecule has 0 bridgehead atoms. The molecule has 1 aromatic carbocycles. The molecule has 0 radical (unpaired) electrons. The topological polar surface area (TPSA) is 129 Å². The molecule has 5 rings (SSSR count). The summed E-state index contributed by atoms with van der Waals surface area (Å²) >= 11 is 0. The smallest absolute Gasteiger partial charge is 0.283 e. The quantitative estimate of drug-likeness (QED) is 0.403. The van der Waals surface area contributed by atoms with Crippen LogP contribution in [0.2, 0.25) is 0 Å². The number of rotatable bonds is 7. The van der Waals surface area contributed by atoms with Crippen LogP contribution in [-0.2, 0) is 24.3 Å². The van der Waals surface area contributed by atoms with E-state index in [2.05, 4.69) is 9.71 Å². The van der Waals surface area contributed by atoms with E-state index in [0.29, 0.717) is 77.3 Å². The molecule has 0 spiro atoms. The van der Waals surface area contributed by atoms with Gasteiger partial charge in [-0.2, -0.15) is 0 Å². The van der Waals surface area contributed by atoms with Crippen LogP contribution in [0.25, 0.3) is 11.3 Å². The fourth-order valence-corrected chi connectivity index (χ4v) is 7.73. The Balaban J connectivity index is 1.68. The molecule has 10 heteroatoms. The normalized spacial score (nSPS) is 19.7. The van der Waals surface area contributed by atoms with Crippen molar-refractivity contribution < 1.29 is 32.3 Å². The number of pyridine rings is 1. The highest BCUT2D eigenvalue weighted by molar-refractivity contribution is 7.90. The second-order valence-corrected chi connectivity index (χ2v) is 15.4. The predicted molar refractivity (Wildman–Crippen MR) is 166 cm³/mol. The molecule has 234 valence electrons. The first-order chi connectivity index (χ1) is 20.6. The molecular formula is C34H40N2O7S. The van der Waals surface area contributed by atoms with Crippen molar-refractivity contribution in [2.24, 2.45) is 10.8 Å². The number of carbonyl (C=O) groups is 3. The zero-order valence-electron chi connectivity index (χ0n) is 26.4. The molecule has 9 nitrogen and oxygen atoms in total. The number of methoxy groups -OCH3 is 1. The van der Waals surface area contributed by atoms with Crippen LogP contribution in [0.1, 0.15) is 94.3 Å². The van der Waals surface area contributed by atoms with Gasteiger partial charge in [-0.3, -0.25) is 14.4 Å². The van der Waals surface area contributed by atoms with Crippen molar-refractivity contribution >= 4 is 27.5 Å². The first-order valence-corrected chi connectivity index (χ1v) is 16.6. The molecule has 0 unspecified atom stereocenters. The van der Waals surface area contributed by atoms with Crippen LogP contribution < -0.4 is 9.46 Å². The van der Waals surface area contributed by atoms with E-state index in [1.54, 1.807) is 32.2 Å². The van der Waals surface area contributed by atoms with E-state index in [-0.39, 0.29) is 33.8 Å². The third-order valence-corrected chi connectivity index (χ3v) is 9.99. The number of hydrogen-bond donors (Lipinski definition) is 1. The molecule has 1 aliphatic heterocycles. The number of Topliss-reactive ketones (excluding diaryl/α,β-unsaturated/α-hetero) is 2. The molecule has 2 aliphatic carbocycles. The Kier molecular flexibility index (Phi) is 8.12. The highest BCUT2D eigenvalue weighted by atomic mass is 32.2. The monoisotopic (exact) mass is 620 g/mol. The standard InChI is InChI=1S/C34H40N2O7S/c1-8-14-44(40,41)36-32(39)22-11-9-10-21(35-22)20-12-13-25(42-7)28(19(20)2)31-29-23(37)15-33(3,4)17-26(29)43-27-18-34(5,6)16-24(38)30(27)31/h9-13,31H,8,14-18H2,1-7H3,(H,36,39). The molecule has 0 fully saturated rings. The SMILES string of the molecule is CCCS(=O)(=O)NC(=O)c1cccc(-c2ccc(OC)c(C3C4=C(CC(C)(C)CC4=O)OC4=C3C(=O)CC(C)(C)C4)c2C)n1. The summed E-state index contributed by atoms with van der Waals surface area (Å²) in [6.45, 7) is 11.8. The van der Waals surface area contributed by atoms with Crippen molar-refractivity contribution in [3.05, 3.63) is 69.8 Å². The Hall–Kier alpha value is -3.79. The van der Waals surface area contributed by atoms with Gasteiger partial charge in [-0.15, -0.1) is 0 Å². The second kappa shape index (κ2) is 11.3. The van der Waals surface area contributed by atoms with Gasteiger partial charge in [0.25, 0.3) is 5.91 Å². The minimum Gasteiger partial charge on any atom is -0.496 e. The lowest BCUT2D eigenvalue weighted by atomic mass is 9.65. The Bertz CT molecular complexity index is 1700. The number of benzene rings is 1. The lowest BCUT2D eigenvalue weighted by Gasteiger charge is -2.43. The maximum Gasteiger partial charge on any atom is 0.283 e. The summed E-state index contributed by atoms with van der Waals surface area (Å²) in [4.78, 5) is 45.1. The zero-order valence-corrected chi connectivity index (χ0v) is 27.2. The fourth-order valence-electron chi connectivity index (χ4n) is 6.71. The number of sulfonamides is 1. The van der Waals surface area contributed by atoms with Crippen molar-refractivity contribution in [3.63, 3.8) is 0 Å². The van der Waals surface area contributed by atoms with Crippen molar-refractivity contribution in [3.8, 4) is 17.0 Å². The van der Waals surface area contributed by atoms with Crippen LogP contribution in [0.5, 0.6) is 5.75 Å². The van der Waals surface area contributed by atoms with Gasteiger partial charge in [-0.25, -0.2) is 18.1 Å². The number of nitrogens with zero attached hydrogens (tertiary/aromatic N) is 1. The largest absolute Gasteiger partial charge is 0.496 e. The van der Waals surface area contributed by atoms with E-state index in [0.717, 1.165) is 5.56 Å². The zero-order chi connectivity index (χ0) is 32.2. The summed E-state index contributed by atoms with van der Waals surface area (Å²) in [5.74, 6) is -0.0363. The molecule has 0 atom stereocenters. The van der Waals surface area contributed by atoms with Crippen LogP contribution in [0.4, 0.5) is 0 Å². The van der Waals surface area contributed by atoms with Gasteiger partial charge in [0, 0.05) is 48.0 Å². The number of allylic oxidation sites excluding steroid dienone is 4. The predicted octanol–water partition coefficient (Wildman–Crippen LogP) is 5.94. The van der Waals surface area contributed by atoms with E-state index in [1.165, 1.54) is 6.07 Å². The van der Waals surface area contributed by atoms with E-state index in [1.807, 2.05) is 40.7 Å². The minimum absolute atomic E-state index is 0.0469. The number of nitrogens with one attached hydrogen (secondary N) is 1. The fraction of sp³-hybridized carbons (Fsp3) is 0.471. The summed E-state index contributed by atoms with van der Waals surface area (Å²) in [5.41, 5.74) is 2.88. The van der Waals surface area contributed by atoms with Crippen LogP contribution >= 0.6 is 0 Å². The number of ketones is 2. The Labute approximate surface area is 259 Å². The maximum atomic E-state index is 13.9. The van der Waals surface area contributed by atoms with Crippen LogP contribution in [0, 0.1) is 17.8 Å². The Morgan fingerprint density at radius 3 is 2.11 bits per heavy atom. The van der Waals surface area contributed by atoms with E-state index in [9.17, 15) is 22.8 Å². The summed E-state index contributed by atoms with van der Waals surface area (Å²) in [6.07, 6.45) is 2.16. The minimum atomic E-state index is -3.79. The van der Waals surface area contributed by atoms with Gasteiger partial charge in [0.1, 0.15) is 23.0 Å². The lowest BCUT2D eigenvalue weighted by Crippen LogP contribution is -2.38. The van der Waals surface area contributed by atoms with Crippen LogP contribution in [-0.4, -0.2) is 43.7 Å². The Morgan fingerprint density at radius 1 is 0.977 bits per heavy atom. The van der Waals surface area contributed by atoms with Crippen molar-refractivity contribution in [2.75, 3.05) is 12.9 Å². The molecule has 1 aromatic heterocycles. The van der Waals surface area contributed by atoms with Gasteiger partial charge in [0.05, 0.1) is 24.5 Å². The molecule has 1 N–H and O–H groups in total. The molecule has 2 heterocycles. The molecule has 3 aliphatic rings. The molecule has 2 aromatic rings. The highest BCUT2D eigenvalue weighted by Crippen LogP contribution is 2.55. The second-order valence-electron chi connectivity index (χ2n) is 13.6. The number of carbonyl (C=O) groups excluding carboxylic acids is 3. The van der Waals surface area contributed by atoms with E-state index in [4.69, 9.17) is 9.47 Å².